The van der Waals surface area contributed by atoms with Crippen molar-refractivity contribution in [3.63, 3.8) is 0 Å². The molecule has 1 aromatic carbocycles. The molecule has 1 saturated carbocycles. The van der Waals surface area contributed by atoms with Gasteiger partial charge >= 0.3 is 0 Å². The molecule has 4 rings (SSSR count). The van der Waals surface area contributed by atoms with Gasteiger partial charge in [0.05, 0.1) is 18.4 Å². The van der Waals surface area contributed by atoms with E-state index in [1.807, 2.05) is 10.9 Å². The normalized spacial score (nSPS) is 26.9. The van der Waals surface area contributed by atoms with Gasteiger partial charge in [0.2, 0.25) is 0 Å². The zero-order chi connectivity index (χ0) is 11.9. The number of hydrogen-bond donors (Lipinski definition) is 0. The van der Waals surface area contributed by atoms with E-state index in [4.69, 9.17) is 0 Å². The second-order valence-corrected chi connectivity index (χ2v) is 5.24. The molecule has 0 spiro atoms. The summed E-state index contributed by atoms with van der Waals surface area (Å²) >= 11 is 0. The lowest BCUT2D eigenvalue weighted by Crippen LogP contribution is -2.36. The average Bonchev–Trinajstić information content (AvgIpc) is 3.10. The van der Waals surface area contributed by atoms with E-state index in [1.54, 1.807) is 0 Å². The number of hydrogen-bond acceptors (Lipinski definition) is 3. The van der Waals surface area contributed by atoms with Gasteiger partial charge in [-0.3, -0.25) is 4.90 Å². The maximum Gasteiger partial charge on any atom is 0.0738 e. The molecule has 0 amide bonds. The van der Waals surface area contributed by atoms with Gasteiger partial charge in [-0.05, 0) is 12.0 Å². The summed E-state index contributed by atoms with van der Waals surface area (Å²) < 4.78 is 2.02. The number of benzene rings is 1. The van der Waals surface area contributed by atoms with Crippen LogP contribution in [-0.2, 0) is 13.1 Å². The lowest BCUT2D eigenvalue weighted by Gasteiger charge is -2.27. The summed E-state index contributed by atoms with van der Waals surface area (Å²) in [4.78, 5) is 2.58. The van der Waals surface area contributed by atoms with Crippen LogP contribution in [0.3, 0.4) is 0 Å². The van der Waals surface area contributed by atoms with Crippen LogP contribution < -0.4 is 0 Å². The molecular formula is C14H16N4. The Kier molecular flexibility index (Phi) is 2.23. The Hall–Kier alpha value is -1.68. The molecule has 1 fully saturated rings. The van der Waals surface area contributed by atoms with Gasteiger partial charge in [-0.15, -0.1) is 5.10 Å². The summed E-state index contributed by atoms with van der Waals surface area (Å²) in [6.45, 7) is 3.08. The van der Waals surface area contributed by atoms with Crippen molar-refractivity contribution < 1.29 is 0 Å². The topological polar surface area (TPSA) is 34.0 Å². The average molecular weight is 240 g/mol. The Balaban J connectivity index is 1.49. The molecule has 92 valence electrons. The Morgan fingerprint density at radius 3 is 2.89 bits per heavy atom. The molecule has 0 bridgehead atoms. The molecule has 2 aliphatic rings. The number of nitrogens with zero attached hydrogens (tertiary/aromatic N) is 4. The van der Waals surface area contributed by atoms with Crippen LogP contribution in [0.4, 0.5) is 0 Å². The largest absolute Gasteiger partial charge is 0.292 e. The van der Waals surface area contributed by atoms with E-state index in [1.165, 1.54) is 17.7 Å². The first-order valence-electron chi connectivity index (χ1n) is 6.58. The van der Waals surface area contributed by atoms with E-state index in [2.05, 4.69) is 45.5 Å². The van der Waals surface area contributed by atoms with Gasteiger partial charge in [0.15, 0.2) is 0 Å². The first-order chi connectivity index (χ1) is 8.92. The second kappa shape index (κ2) is 3.92. The number of aromatic nitrogens is 3. The Bertz CT molecular complexity index is 548. The van der Waals surface area contributed by atoms with Crippen molar-refractivity contribution in [2.75, 3.05) is 6.54 Å². The fourth-order valence-electron chi connectivity index (χ4n) is 3.03. The predicted molar refractivity (Wildman–Crippen MR) is 68.0 cm³/mol. The quantitative estimate of drug-likeness (QED) is 0.800. The van der Waals surface area contributed by atoms with Crippen LogP contribution >= 0.6 is 0 Å². The molecule has 4 nitrogen and oxygen atoms in total. The highest BCUT2D eigenvalue weighted by molar-refractivity contribution is 5.28. The molecule has 2 atom stereocenters. The lowest BCUT2D eigenvalue weighted by molar-refractivity contribution is 0.200. The summed E-state index contributed by atoms with van der Waals surface area (Å²) in [5.41, 5.74) is 2.74. The van der Waals surface area contributed by atoms with E-state index in [0.29, 0.717) is 0 Å². The third-order valence-electron chi connectivity index (χ3n) is 4.12. The zero-order valence-corrected chi connectivity index (χ0v) is 10.2. The fraction of sp³-hybridized carbons (Fsp3) is 0.429. The van der Waals surface area contributed by atoms with Gasteiger partial charge in [-0.2, -0.15) is 0 Å². The minimum absolute atomic E-state index is 0.719. The van der Waals surface area contributed by atoms with Crippen molar-refractivity contribution in [3.8, 4) is 0 Å². The molecule has 18 heavy (non-hydrogen) atoms. The summed E-state index contributed by atoms with van der Waals surface area (Å²) in [5, 5.41) is 8.07. The van der Waals surface area contributed by atoms with Crippen LogP contribution in [0.25, 0.3) is 0 Å². The molecule has 1 aromatic heterocycles. The summed E-state index contributed by atoms with van der Waals surface area (Å²) in [6.07, 6.45) is 3.19. The van der Waals surface area contributed by atoms with Crippen LogP contribution in [0.1, 0.15) is 23.6 Å². The van der Waals surface area contributed by atoms with Crippen LogP contribution in [0.2, 0.25) is 0 Å². The van der Waals surface area contributed by atoms with Gasteiger partial charge in [0.25, 0.3) is 0 Å². The van der Waals surface area contributed by atoms with Gasteiger partial charge in [0.1, 0.15) is 0 Å². The maximum atomic E-state index is 4.09. The van der Waals surface area contributed by atoms with Gasteiger partial charge in [0, 0.05) is 25.0 Å². The molecule has 4 heteroatoms. The maximum absolute atomic E-state index is 4.09. The van der Waals surface area contributed by atoms with E-state index in [0.717, 1.165) is 31.6 Å². The summed E-state index contributed by atoms with van der Waals surface area (Å²) in [6, 6.07) is 11.6. The molecule has 0 N–H and O–H groups in total. The van der Waals surface area contributed by atoms with Crippen molar-refractivity contribution >= 4 is 0 Å². The molecule has 0 saturated heterocycles. The van der Waals surface area contributed by atoms with Crippen molar-refractivity contribution in [2.24, 2.45) is 0 Å². The number of rotatable bonds is 2. The molecule has 2 heterocycles. The van der Waals surface area contributed by atoms with Gasteiger partial charge in [-0.1, -0.05) is 35.5 Å². The smallest absolute Gasteiger partial charge is 0.0738 e. The van der Waals surface area contributed by atoms with Crippen molar-refractivity contribution in [1.29, 1.82) is 0 Å². The second-order valence-electron chi connectivity index (χ2n) is 5.24. The van der Waals surface area contributed by atoms with Gasteiger partial charge < -0.3 is 0 Å². The first kappa shape index (κ1) is 10.3. The fourth-order valence-corrected chi connectivity index (χ4v) is 3.03. The Labute approximate surface area is 106 Å². The monoisotopic (exact) mass is 240 g/mol. The van der Waals surface area contributed by atoms with E-state index < -0.39 is 0 Å². The predicted octanol–water partition coefficient (Wildman–Crippen LogP) is 1.65. The summed E-state index contributed by atoms with van der Waals surface area (Å²) in [7, 11) is 0. The van der Waals surface area contributed by atoms with Crippen molar-refractivity contribution in [1.82, 2.24) is 19.9 Å². The van der Waals surface area contributed by atoms with Crippen LogP contribution in [0, 0.1) is 0 Å². The SMILES string of the molecule is c1ccc([C@@H]2C[C@@H]2N2CCn3nncc3C2)cc1. The van der Waals surface area contributed by atoms with E-state index in [9.17, 15) is 0 Å². The zero-order valence-electron chi connectivity index (χ0n) is 10.2. The molecule has 0 radical (unpaired) electrons. The highest BCUT2D eigenvalue weighted by Crippen LogP contribution is 2.45. The van der Waals surface area contributed by atoms with Gasteiger partial charge in [-0.25, -0.2) is 4.68 Å². The van der Waals surface area contributed by atoms with E-state index in [-0.39, 0.29) is 0 Å². The first-order valence-corrected chi connectivity index (χ1v) is 6.58. The minimum atomic E-state index is 0.719. The van der Waals surface area contributed by atoms with Crippen molar-refractivity contribution in [2.45, 2.75) is 31.5 Å². The molecular weight excluding hydrogens is 224 g/mol. The van der Waals surface area contributed by atoms with E-state index >= 15 is 0 Å². The standard InChI is InChI=1S/C14H16N4/c1-2-4-11(5-3-1)13-8-14(13)17-6-7-18-12(10-17)9-15-16-18/h1-5,9,13-14H,6-8,10H2/t13-,14-/m0/s1. The molecule has 1 aliphatic carbocycles. The highest BCUT2D eigenvalue weighted by atomic mass is 15.5. The minimum Gasteiger partial charge on any atom is -0.292 e. The molecule has 0 unspecified atom stereocenters. The highest BCUT2D eigenvalue weighted by Gasteiger charge is 2.43. The molecule has 1 aliphatic heterocycles. The van der Waals surface area contributed by atoms with Crippen LogP contribution in [0.15, 0.2) is 36.5 Å². The summed E-state index contributed by atoms with van der Waals surface area (Å²) in [5.74, 6) is 0.730. The van der Waals surface area contributed by atoms with Crippen molar-refractivity contribution in [3.05, 3.63) is 47.8 Å². The third-order valence-corrected chi connectivity index (χ3v) is 4.12. The molecule has 2 aromatic rings. The Morgan fingerprint density at radius 1 is 1.11 bits per heavy atom. The van der Waals surface area contributed by atoms with Crippen LogP contribution in [-0.4, -0.2) is 32.5 Å². The lowest BCUT2D eigenvalue weighted by atomic mass is 10.1. The number of fused-ring (bicyclic) bond motifs is 1. The third kappa shape index (κ3) is 1.64. The Morgan fingerprint density at radius 2 is 2.00 bits per heavy atom. The van der Waals surface area contributed by atoms with Crippen LogP contribution in [0.5, 0.6) is 0 Å².